The van der Waals surface area contributed by atoms with Crippen molar-refractivity contribution in [3.8, 4) is 0 Å². The number of carbonyl (C=O) groups excluding carboxylic acids is 1. The first-order chi connectivity index (χ1) is 10.5. The van der Waals surface area contributed by atoms with E-state index in [4.69, 9.17) is 4.74 Å². The van der Waals surface area contributed by atoms with Crippen LogP contribution in [0.3, 0.4) is 0 Å². The minimum atomic E-state index is -0.729. The Bertz CT molecular complexity index is 444. The Labute approximate surface area is 132 Å². The predicted molar refractivity (Wildman–Crippen MR) is 81.4 cm³/mol. The molecule has 3 fully saturated rings. The summed E-state index contributed by atoms with van der Waals surface area (Å²) >= 11 is 0. The van der Waals surface area contributed by atoms with Crippen LogP contribution in [0.5, 0.6) is 0 Å². The minimum absolute atomic E-state index is 0.0198. The molecule has 0 aromatic rings. The van der Waals surface area contributed by atoms with Crippen LogP contribution in [-0.4, -0.2) is 47.2 Å². The van der Waals surface area contributed by atoms with Gasteiger partial charge in [0.05, 0.1) is 11.5 Å². The van der Waals surface area contributed by atoms with E-state index in [0.29, 0.717) is 19.4 Å². The fourth-order valence-corrected chi connectivity index (χ4v) is 4.60. The maximum atomic E-state index is 12.5. The number of carbonyl (C=O) groups is 2. The lowest BCUT2D eigenvalue weighted by atomic mass is 9.82. The largest absolute Gasteiger partial charge is 0.481 e. The second-order valence-electron chi connectivity index (χ2n) is 7.40. The van der Waals surface area contributed by atoms with E-state index in [1.807, 2.05) is 0 Å². The normalized spacial score (nSPS) is 38.0. The Balaban J connectivity index is 1.54. The van der Waals surface area contributed by atoms with E-state index in [1.165, 1.54) is 12.8 Å². The average Bonchev–Trinajstić information content (AvgIpc) is 3.06. The van der Waals surface area contributed by atoms with Gasteiger partial charge in [-0.15, -0.1) is 0 Å². The number of aliphatic carboxylic acids is 1. The Hall–Kier alpha value is -1.10. The number of carboxylic acids is 1. The lowest BCUT2D eigenvalue weighted by Gasteiger charge is -2.30. The summed E-state index contributed by atoms with van der Waals surface area (Å²) in [5.41, 5.74) is -0.685. The summed E-state index contributed by atoms with van der Waals surface area (Å²) in [5, 5.41) is 9.56. The van der Waals surface area contributed by atoms with Gasteiger partial charge in [-0.05, 0) is 50.9 Å². The number of ether oxygens (including phenoxy) is 1. The number of likely N-dealkylation sites (tertiary alicyclic amines) is 1. The van der Waals surface area contributed by atoms with E-state index in [2.05, 4.69) is 6.92 Å². The molecule has 0 aromatic heterocycles. The molecule has 2 aliphatic carbocycles. The molecule has 2 atom stereocenters. The summed E-state index contributed by atoms with van der Waals surface area (Å²) in [6.45, 7) is 2.95. The number of rotatable bonds is 4. The highest BCUT2D eigenvalue weighted by atomic mass is 16.5. The van der Waals surface area contributed by atoms with Crippen LogP contribution in [0.2, 0.25) is 0 Å². The molecule has 3 rings (SSSR count). The smallest absolute Gasteiger partial charge is 0.311 e. The quantitative estimate of drug-likeness (QED) is 0.866. The molecular formula is C17H27NO4. The molecule has 1 amide bonds. The first-order valence-corrected chi connectivity index (χ1v) is 8.67. The van der Waals surface area contributed by atoms with E-state index < -0.39 is 11.4 Å². The van der Waals surface area contributed by atoms with Crippen molar-refractivity contribution in [1.29, 1.82) is 0 Å². The zero-order valence-corrected chi connectivity index (χ0v) is 13.4. The second kappa shape index (κ2) is 6.19. The molecular weight excluding hydrogens is 282 g/mol. The fraction of sp³-hybridized carbons (Fsp3) is 0.882. The third-order valence-electron chi connectivity index (χ3n) is 6.07. The van der Waals surface area contributed by atoms with Gasteiger partial charge in [-0.2, -0.15) is 0 Å². The van der Waals surface area contributed by atoms with Gasteiger partial charge in [-0.25, -0.2) is 0 Å². The standard InChI is InChI=1S/C17H27NO4/c1-12-4-6-13(7-5-12)22-11-15(19)18-10-9-17(16(20)21)8-2-3-14(17)18/h12-14H,2-11H2,1H3,(H,20,21)/t12?,13?,14-,17+/m0/s1. The zero-order valence-electron chi connectivity index (χ0n) is 13.4. The van der Waals surface area contributed by atoms with Crippen LogP contribution >= 0.6 is 0 Å². The topological polar surface area (TPSA) is 66.8 Å². The summed E-state index contributed by atoms with van der Waals surface area (Å²) in [6.07, 6.45) is 7.66. The molecule has 22 heavy (non-hydrogen) atoms. The molecule has 0 aromatic carbocycles. The maximum Gasteiger partial charge on any atom is 0.311 e. The van der Waals surface area contributed by atoms with Gasteiger partial charge in [-0.3, -0.25) is 9.59 Å². The lowest BCUT2D eigenvalue weighted by molar-refractivity contribution is -0.151. The van der Waals surface area contributed by atoms with Crippen molar-refractivity contribution in [2.24, 2.45) is 11.3 Å². The third kappa shape index (κ3) is 2.75. The number of fused-ring (bicyclic) bond motifs is 1. The van der Waals surface area contributed by atoms with Gasteiger partial charge in [0.1, 0.15) is 6.61 Å². The van der Waals surface area contributed by atoms with Crippen molar-refractivity contribution in [3.63, 3.8) is 0 Å². The number of hydrogen-bond donors (Lipinski definition) is 1. The molecule has 1 N–H and O–H groups in total. The van der Waals surface area contributed by atoms with Crippen LogP contribution in [0.25, 0.3) is 0 Å². The first kappa shape index (κ1) is 15.8. The molecule has 0 unspecified atom stereocenters. The van der Waals surface area contributed by atoms with E-state index in [0.717, 1.165) is 31.6 Å². The zero-order chi connectivity index (χ0) is 15.7. The fourth-order valence-electron chi connectivity index (χ4n) is 4.60. The highest BCUT2D eigenvalue weighted by Crippen LogP contribution is 2.49. The van der Waals surface area contributed by atoms with Crippen LogP contribution in [-0.2, 0) is 14.3 Å². The van der Waals surface area contributed by atoms with Gasteiger partial charge in [-0.1, -0.05) is 13.3 Å². The van der Waals surface area contributed by atoms with Gasteiger partial charge in [0, 0.05) is 12.6 Å². The summed E-state index contributed by atoms with van der Waals surface area (Å²) < 4.78 is 5.81. The highest BCUT2D eigenvalue weighted by molar-refractivity contribution is 5.82. The number of hydrogen-bond acceptors (Lipinski definition) is 3. The molecule has 2 saturated carbocycles. The molecule has 1 heterocycles. The van der Waals surface area contributed by atoms with Gasteiger partial charge >= 0.3 is 5.97 Å². The summed E-state index contributed by atoms with van der Waals surface area (Å²) in [7, 11) is 0. The molecule has 5 nitrogen and oxygen atoms in total. The van der Waals surface area contributed by atoms with E-state index in [9.17, 15) is 14.7 Å². The van der Waals surface area contributed by atoms with Gasteiger partial charge in [0.15, 0.2) is 0 Å². The van der Waals surface area contributed by atoms with E-state index in [-0.39, 0.29) is 24.7 Å². The van der Waals surface area contributed by atoms with Crippen LogP contribution in [0.15, 0.2) is 0 Å². The highest BCUT2D eigenvalue weighted by Gasteiger charge is 2.56. The molecule has 124 valence electrons. The second-order valence-corrected chi connectivity index (χ2v) is 7.40. The van der Waals surface area contributed by atoms with Crippen molar-refractivity contribution in [2.75, 3.05) is 13.2 Å². The Morgan fingerprint density at radius 1 is 1.18 bits per heavy atom. The molecule has 5 heteroatoms. The molecule has 0 radical (unpaired) electrons. The predicted octanol–water partition coefficient (Wildman–Crippen LogP) is 2.44. The van der Waals surface area contributed by atoms with Crippen LogP contribution in [0.4, 0.5) is 0 Å². The lowest BCUT2D eigenvalue weighted by Crippen LogP contribution is -2.44. The Morgan fingerprint density at radius 3 is 2.59 bits per heavy atom. The average molecular weight is 309 g/mol. The van der Waals surface area contributed by atoms with Crippen molar-refractivity contribution in [3.05, 3.63) is 0 Å². The first-order valence-electron chi connectivity index (χ1n) is 8.67. The van der Waals surface area contributed by atoms with Crippen molar-refractivity contribution >= 4 is 11.9 Å². The van der Waals surface area contributed by atoms with Crippen LogP contribution in [0, 0.1) is 11.3 Å². The van der Waals surface area contributed by atoms with Crippen molar-refractivity contribution in [1.82, 2.24) is 4.90 Å². The van der Waals surface area contributed by atoms with E-state index in [1.54, 1.807) is 4.90 Å². The molecule has 1 aliphatic heterocycles. The summed E-state index contributed by atoms with van der Waals surface area (Å²) in [4.78, 5) is 25.9. The third-order valence-corrected chi connectivity index (χ3v) is 6.07. The summed E-state index contributed by atoms with van der Waals surface area (Å²) in [6, 6.07) is -0.118. The summed E-state index contributed by atoms with van der Waals surface area (Å²) in [5.74, 6) is 0.0185. The molecule has 0 bridgehead atoms. The molecule has 3 aliphatic rings. The number of carboxylic acid groups (broad SMARTS) is 1. The molecule has 1 saturated heterocycles. The van der Waals surface area contributed by atoms with Crippen LogP contribution < -0.4 is 0 Å². The van der Waals surface area contributed by atoms with Gasteiger partial charge in [0.25, 0.3) is 0 Å². The minimum Gasteiger partial charge on any atom is -0.481 e. The van der Waals surface area contributed by atoms with Gasteiger partial charge < -0.3 is 14.7 Å². The van der Waals surface area contributed by atoms with Crippen LogP contribution in [0.1, 0.15) is 58.3 Å². The van der Waals surface area contributed by atoms with Crippen molar-refractivity contribution < 1.29 is 19.4 Å². The maximum absolute atomic E-state index is 12.5. The SMILES string of the molecule is CC1CCC(OCC(=O)N2CC[C@]3(C(=O)O)CCC[C@H]23)CC1. The molecule has 0 spiro atoms. The monoisotopic (exact) mass is 309 g/mol. The van der Waals surface area contributed by atoms with Crippen molar-refractivity contribution in [2.45, 2.75) is 70.4 Å². The van der Waals surface area contributed by atoms with E-state index >= 15 is 0 Å². The Morgan fingerprint density at radius 2 is 1.91 bits per heavy atom. The Kier molecular flexibility index (Phi) is 4.44. The van der Waals surface area contributed by atoms with Gasteiger partial charge in [0.2, 0.25) is 5.91 Å². The number of nitrogens with zero attached hydrogens (tertiary/aromatic N) is 1. The number of amides is 1.